The summed E-state index contributed by atoms with van der Waals surface area (Å²) in [6.45, 7) is 18.6. The smallest absolute Gasteiger partial charge is 0.194 e. The van der Waals surface area contributed by atoms with Crippen molar-refractivity contribution in [3.63, 3.8) is 0 Å². The zero-order chi connectivity index (χ0) is 94.9. The van der Waals surface area contributed by atoms with Crippen LogP contribution in [0.2, 0.25) is 20.1 Å². The van der Waals surface area contributed by atoms with Gasteiger partial charge < -0.3 is 0 Å². The predicted octanol–water partition coefficient (Wildman–Crippen LogP) is 38.2. The number of benzene rings is 6. The Morgan fingerprint density at radius 2 is 0.622 bits per heavy atom. The minimum Gasteiger partial charge on any atom is -0.289 e. The van der Waals surface area contributed by atoms with Crippen LogP contribution in [0, 0.1) is 69.0 Å². The molecule has 0 aliphatic heterocycles. The molecule has 0 saturated carbocycles. The molecule has 4 aliphatic rings. The number of nitriles is 4. The summed E-state index contributed by atoms with van der Waals surface area (Å²) in [5, 5.41) is 42.8. The van der Waals surface area contributed by atoms with Crippen molar-refractivity contribution >= 4 is 157 Å². The number of fused-ring (bicyclic) bond motifs is 13. The Hall–Kier alpha value is -8.76. The van der Waals surface area contributed by atoms with Crippen molar-refractivity contribution in [1.82, 2.24) is 0 Å². The number of rotatable bonds is 48. The summed E-state index contributed by atoms with van der Waals surface area (Å²) in [6, 6.07) is 59.4. The molecule has 0 N–H and O–H groups in total. The molecule has 4 atom stereocenters. The van der Waals surface area contributed by atoms with E-state index in [2.05, 4.69) is 201 Å². The molecule has 0 bridgehead atoms. The Balaban J connectivity index is 0.991. The van der Waals surface area contributed by atoms with E-state index in [0.29, 0.717) is 45.9 Å². The molecule has 5 aromatic heterocycles. The normalized spacial score (nSPS) is 16.8. The molecule has 15 rings (SSSR count). The van der Waals surface area contributed by atoms with Gasteiger partial charge in [-0.2, -0.15) is 21.0 Å². The number of hydrogen-bond donors (Lipinski definition) is 0. The van der Waals surface area contributed by atoms with Crippen molar-refractivity contribution in [3.8, 4) is 43.8 Å². The summed E-state index contributed by atoms with van der Waals surface area (Å²) < 4.78 is 4.99. The maximum absolute atomic E-state index is 14.7. The highest BCUT2D eigenvalue weighted by Crippen LogP contribution is 2.72. The van der Waals surface area contributed by atoms with E-state index in [1.807, 2.05) is 46.2 Å². The number of allylic oxidation sites excluding steroid dienone is 10. The highest BCUT2D eigenvalue weighted by atomic mass is 35.5. The molecule has 0 spiro atoms. The SMILES string of the molecule is CCCCCCC(CCCC)Cc1ccc(C2(c3ccc(CC(CCCC)CCCCCC)cc3)c3cc(/C=C/C=C4\C(=O)c5cc(Cl)c(Cl)cc5C4=C(C#N)C#N)sc3-c3sc4c5c(sc4c32)-c2sc3cc(/C=C/C=C4/C(=O)c6cc(Cl)c(Cl)cc6C4=C(C#N)C#N)sc3c2C5(c2ccc(CC(CCCC)CCCCCC)cc2)c2ccc(CC(CCCC)CCCCCC)cc2)cc1. The topological polar surface area (TPSA) is 129 Å². The molecule has 6 aromatic carbocycles. The van der Waals surface area contributed by atoms with Crippen LogP contribution in [-0.4, -0.2) is 11.6 Å². The molecule has 0 fully saturated rings. The minimum absolute atomic E-state index is 0.174. The molecule has 15 heteroatoms. The summed E-state index contributed by atoms with van der Waals surface area (Å²) in [7, 11) is 0. The second-order valence-electron chi connectivity index (χ2n) is 38.5. The van der Waals surface area contributed by atoms with Gasteiger partial charge in [0.1, 0.15) is 35.4 Å². The van der Waals surface area contributed by atoms with Crippen molar-refractivity contribution < 1.29 is 9.59 Å². The van der Waals surface area contributed by atoms with Crippen LogP contribution >= 0.6 is 103 Å². The number of Topliss-reactive ketones (excluding diaryl/α,β-unsaturated/α-hetero) is 2. The lowest BCUT2D eigenvalue weighted by Crippen LogP contribution is -2.29. The highest BCUT2D eigenvalue weighted by Gasteiger charge is 2.56. The first kappa shape index (κ1) is 101. The van der Waals surface area contributed by atoms with Gasteiger partial charge >= 0.3 is 0 Å². The van der Waals surface area contributed by atoms with E-state index >= 15 is 0 Å². The maximum Gasteiger partial charge on any atom is 0.194 e. The molecule has 4 unspecified atom stereocenters. The fraction of sp³-hybridized carbons (Fsp3) is 0.417. The van der Waals surface area contributed by atoms with Crippen LogP contribution in [-0.2, 0) is 36.5 Å². The molecule has 5 heterocycles. The molecule has 0 saturated heterocycles. The van der Waals surface area contributed by atoms with Gasteiger partial charge in [0.05, 0.1) is 64.5 Å². The number of unbranched alkanes of at least 4 members (excludes halogenated alkanes) is 16. The van der Waals surface area contributed by atoms with Crippen molar-refractivity contribution in [3.05, 3.63) is 299 Å². The second-order valence-corrected chi connectivity index (χ2v) is 45.3. The first-order chi connectivity index (χ1) is 65.9. The van der Waals surface area contributed by atoms with Crippen molar-refractivity contribution in [2.24, 2.45) is 23.7 Å². The van der Waals surface area contributed by atoms with E-state index in [1.54, 1.807) is 53.0 Å². The van der Waals surface area contributed by atoms with Crippen molar-refractivity contribution in [2.75, 3.05) is 0 Å². The number of hydrogen-bond acceptors (Lipinski definition) is 11. The number of thiophene rings is 5. The van der Waals surface area contributed by atoms with Gasteiger partial charge in [0.2, 0.25) is 0 Å². The Morgan fingerprint density at radius 1 is 0.326 bits per heavy atom. The standard InChI is InChI=1S/C120H128Cl4N4O2S5/c1-9-17-25-29-39-77(35-21-13-5)63-81-47-55-87(56-48-81)119(88-57-49-82(50-58-88)64-78(36-22-14-6)40-30-26-18-10-2)99-67-91(43-33-45-93-105(85(73-125)74-126)95-69-100(121)102(123)71-97(95)110(93)129)131-112(99)114-108(119)116-118(134-114)109-117(135-116)115-107(113-104(133-115)68-92(132-113)44-34-46-94-106(86(75-127)76-128)96-70-101(122)103(124)72-98(96)111(94)130)120(109,89-59-51-83(52-60-89)65-79(37-23-15-7)41-31-27-19-11-3)90-61-53-84(54-62-90)66-80(38-24-16-8)42-32-28-20-12-4/h33-34,43-62,67-72,77-80H,9-32,35-42,63-66H2,1-8H3/b43-33+,44-34+,93-45-,94-46+. The van der Waals surface area contributed by atoms with Crippen LogP contribution in [0.4, 0.5) is 0 Å². The zero-order valence-electron chi connectivity index (χ0n) is 80.1. The minimum atomic E-state index is -0.844. The molecule has 0 radical (unpaired) electrons. The Bertz CT molecular complexity index is 6310. The molecule has 0 amide bonds. The third-order valence-corrected chi connectivity index (χ3v) is 36.9. The molecular weight excluding hydrogens is 1830 g/mol. The molecule has 6 nitrogen and oxygen atoms in total. The lowest BCUT2D eigenvalue weighted by molar-refractivity contribution is 0.103. The van der Waals surface area contributed by atoms with Crippen LogP contribution in [0.15, 0.2) is 180 Å². The number of carbonyl (C=O) groups excluding carboxylic acids is 2. The fourth-order valence-electron chi connectivity index (χ4n) is 22.1. The fourth-order valence-corrected chi connectivity index (χ4v) is 30.0. The average Bonchev–Trinajstić information content (AvgIpc) is 1.48. The number of carbonyl (C=O) groups is 2. The summed E-state index contributed by atoms with van der Waals surface area (Å²) >= 11 is 36.0. The second kappa shape index (κ2) is 47.3. The van der Waals surface area contributed by atoms with Gasteiger partial charge in [0.15, 0.2) is 11.6 Å². The van der Waals surface area contributed by atoms with Crippen molar-refractivity contribution in [2.45, 2.75) is 297 Å². The monoisotopic (exact) mass is 1960 g/mol. The molecule has 135 heavy (non-hydrogen) atoms. The average molecular weight is 1960 g/mol. The van der Waals surface area contributed by atoms with Gasteiger partial charge in [-0.25, -0.2) is 0 Å². The maximum atomic E-state index is 14.7. The summed E-state index contributed by atoms with van der Waals surface area (Å²) in [4.78, 5) is 36.4. The van der Waals surface area contributed by atoms with Crippen LogP contribution < -0.4 is 0 Å². The number of halogens is 4. The van der Waals surface area contributed by atoms with Gasteiger partial charge in [-0.1, -0.05) is 429 Å². The molecular formula is C120H128Cl4N4O2S5. The number of nitrogens with zero attached hydrogens (tertiary/aromatic N) is 4. The lowest BCUT2D eigenvalue weighted by Gasteiger charge is -2.34. The van der Waals surface area contributed by atoms with E-state index in [1.165, 1.54) is 317 Å². The highest BCUT2D eigenvalue weighted by molar-refractivity contribution is 7.36. The van der Waals surface area contributed by atoms with Gasteiger partial charge in [-0.05, 0) is 159 Å². The van der Waals surface area contributed by atoms with Gasteiger partial charge in [0.25, 0.3) is 0 Å². The van der Waals surface area contributed by atoms with Crippen LogP contribution in [0.3, 0.4) is 0 Å². The molecule has 698 valence electrons. The number of ketones is 2. The molecule has 11 aromatic rings. The van der Waals surface area contributed by atoms with Gasteiger partial charge in [-0.15, -0.1) is 56.7 Å². The molecule has 4 aliphatic carbocycles. The van der Waals surface area contributed by atoms with E-state index in [9.17, 15) is 30.6 Å². The summed E-state index contributed by atoms with van der Waals surface area (Å²) in [6.07, 6.45) is 55.0. The first-order valence-electron chi connectivity index (χ1n) is 50.6. The van der Waals surface area contributed by atoms with E-state index in [4.69, 9.17) is 46.4 Å². The van der Waals surface area contributed by atoms with Crippen LogP contribution in [0.1, 0.15) is 369 Å². The largest absolute Gasteiger partial charge is 0.289 e. The van der Waals surface area contributed by atoms with Gasteiger partial charge in [-0.3, -0.25) is 9.59 Å². The van der Waals surface area contributed by atoms with E-state index in [-0.39, 0.29) is 65.1 Å². The third-order valence-electron chi connectivity index (χ3n) is 29.1. The third kappa shape index (κ3) is 21.2. The zero-order valence-corrected chi connectivity index (χ0v) is 87.2. The Labute approximate surface area is 843 Å². The summed E-state index contributed by atoms with van der Waals surface area (Å²) in [5.74, 6) is 1.69. The lowest BCUT2D eigenvalue weighted by atomic mass is 9.67. The predicted molar refractivity (Wildman–Crippen MR) is 579 cm³/mol. The first-order valence-corrected chi connectivity index (χ1v) is 56.2. The van der Waals surface area contributed by atoms with Gasteiger partial charge in [0, 0.05) is 64.6 Å². The summed E-state index contributed by atoms with van der Waals surface area (Å²) in [5.41, 5.74) is 16.0. The quantitative estimate of drug-likeness (QED) is 0.0212. The van der Waals surface area contributed by atoms with E-state index < -0.39 is 10.8 Å². The Kier molecular flexibility index (Phi) is 35.2. The van der Waals surface area contributed by atoms with Crippen LogP contribution in [0.5, 0.6) is 0 Å². The van der Waals surface area contributed by atoms with Crippen molar-refractivity contribution in [1.29, 1.82) is 21.0 Å². The van der Waals surface area contributed by atoms with E-state index in [0.717, 1.165) is 35.4 Å². The Morgan fingerprint density at radius 3 is 0.963 bits per heavy atom. The van der Waals surface area contributed by atoms with Crippen LogP contribution in [0.25, 0.3) is 61.6 Å².